The highest BCUT2D eigenvalue weighted by Gasteiger charge is 2.13. The molecule has 2 rings (SSSR count). The second-order valence-electron chi connectivity index (χ2n) is 4.50. The summed E-state index contributed by atoms with van der Waals surface area (Å²) in [4.78, 5) is 4.29. The van der Waals surface area contributed by atoms with E-state index in [2.05, 4.69) is 10.3 Å². The number of hydrogen-bond donors (Lipinski definition) is 2. The van der Waals surface area contributed by atoms with Crippen molar-refractivity contribution < 1.29 is 8.42 Å². The molecule has 0 aliphatic rings. The Morgan fingerprint density at radius 1 is 1.15 bits per heavy atom. The molecule has 0 saturated heterocycles. The molecule has 3 N–H and O–H groups in total. The van der Waals surface area contributed by atoms with Gasteiger partial charge in [0.05, 0.1) is 0 Å². The molecule has 0 aliphatic heterocycles. The van der Waals surface area contributed by atoms with Crippen molar-refractivity contribution >= 4 is 15.7 Å². The van der Waals surface area contributed by atoms with E-state index in [1.54, 1.807) is 18.3 Å². The van der Waals surface area contributed by atoms with Crippen molar-refractivity contribution in [2.75, 3.05) is 11.6 Å². The largest absolute Gasteiger partial charge is 0.365 e. The number of nitrogens with one attached hydrogen (secondary N) is 1. The van der Waals surface area contributed by atoms with Gasteiger partial charge in [-0.1, -0.05) is 24.3 Å². The smallest absolute Gasteiger partial charge is 0.179 e. The van der Waals surface area contributed by atoms with Gasteiger partial charge in [0.2, 0.25) is 0 Å². The third-order valence-corrected chi connectivity index (χ3v) is 4.02. The molecule has 1 aromatic heterocycles. The minimum Gasteiger partial charge on any atom is -0.365 e. The van der Waals surface area contributed by atoms with Crippen molar-refractivity contribution in [3.63, 3.8) is 0 Å². The Balaban J connectivity index is 2.15. The van der Waals surface area contributed by atoms with E-state index in [1.165, 1.54) is 6.26 Å². The zero-order chi connectivity index (χ0) is 14.6. The molecule has 0 unspecified atom stereocenters. The average molecular weight is 291 g/mol. The van der Waals surface area contributed by atoms with Gasteiger partial charge in [-0.2, -0.15) is 0 Å². The molecule has 0 spiro atoms. The molecule has 0 bridgehead atoms. The molecule has 0 atom stereocenters. The number of benzene rings is 1. The SMILES string of the molecule is CS(=O)(=O)c1cccnc1NCc1ccc(CN)cc1. The lowest BCUT2D eigenvalue weighted by Crippen LogP contribution is -2.08. The number of nitrogens with two attached hydrogens (primary N) is 1. The van der Waals surface area contributed by atoms with E-state index in [1.807, 2.05) is 24.3 Å². The highest BCUT2D eigenvalue weighted by atomic mass is 32.2. The van der Waals surface area contributed by atoms with Crippen molar-refractivity contribution in [3.05, 3.63) is 53.7 Å². The highest BCUT2D eigenvalue weighted by molar-refractivity contribution is 7.90. The predicted molar refractivity (Wildman–Crippen MR) is 79.0 cm³/mol. The maximum absolute atomic E-state index is 11.7. The molecule has 0 radical (unpaired) electrons. The van der Waals surface area contributed by atoms with Gasteiger partial charge in [-0.25, -0.2) is 13.4 Å². The van der Waals surface area contributed by atoms with Crippen LogP contribution in [0.1, 0.15) is 11.1 Å². The molecular formula is C14H17N3O2S. The molecule has 0 fully saturated rings. The summed E-state index contributed by atoms with van der Waals surface area (Å²) in [6.07, 6.45) is 2.74. The monoisotopic (exact) mass is 291 g/mol. The van der Waals surface area contributed by atoms with Gasteiger partial charge in [-0.3, -0.25) is 0 Å². The van der Waals surface area contributed by atoms with Crippen LogP contribution in [0.25, 0.3) is 0 Å². The van der Waals surface area contributed by atoms with Crippen LogP contribution in [-0.4, -0.2) is 19.7 Å². The van der Waals surface area contributed by atoms with Crippen LogP contribution in [0.2, 0.25) is 0 Å². The van der Waals surface area contributed by atoms with E-state index in [0.29, 0.717) is 18.9 Å². The highest BCUT2D eigenvalue weighted by Crippen LogP contribution is 2.18. The van der Waals surface area contributed by atoms with E-state index in [4.69, 9.17) is 5.73 Å². The van der Waals surface area contributed by atoms with Crippen molar-refractivity contribution in [1.82, 2.24) is 4.98 Å². The van der Waals surface area contributed by atoms with Crippen LogP contribution in [0.4, 0.5) is 5.82 Å². The Bertz CT molecular complexity index is 682. The Morgan fingerprint density at radius 2 is 1.80 bits per heavy atom. The second kappa shape index (κ2) is 6.02. The van der Waals surface area contributed by atoms with Gasteiger partial charge >= 0.3 is 0 Å². The summed E-state index contributed by atoms with van der Waals surface area (Å²) in [5, 5.41) is 3.05. The summed E-state index contributed by atoms with van der Waals surface area (Å²) in [7, 11) is -3.29. The lowest BCUT2D eigenvalue weighted by Gasteiger charge is -2.09. The van der Waals surface area contributed by atoms with Gasteiger partial charge in [-0.15, -0.1) is 0 Å². The summed E-state index contributed by atoms with van der Waals surface area (Å²) < 4.78 is 23.3. The topological polar surface area (TPSA) is 85.1 Å². The molecule has 20 heavy (non-hydrogen) atoms. The maximum atomic E-state index is 11.7. The number of sulfone groups is 1. The third-order valence-electron chi connectivity index (χ3n) is 2.89. The Kier molecular flexibility index (Phi) is 4.36. The Labute approximate surface area is 118 Å². The molecule has 106 valence electrons. The van der Waals surface area contributed by atoms with E-state index in [9.17, 15) is 8.42 Å². The second-order valence-corrected chi connectivity index (χ2v) is 6.48. The number of pyridine rings is 1. The van der Waals surface area contributed by atoms with Gasteiger partial charge < -0.3 is 11.1 Å². The normalized spacial score (nSPS) is 11.3. The quantitative estimate of drug-likeness (QED) is 0.873. The van der Waals surface area contributed by atoms with Crippen LogP contribution in [0.3, 0.4) is 0 Å². The average Bonchev–Trinajstić information content (AvgIpc) is 2.45. The van der Waals surface area contributed by atoms with Crippen LogP contribution in [0, 0.1) is 0 Å². The van der Waals surface area contributed by atoms with Crippen LogP contribution in [-0.2, 0) is 22.9 Å². The van der Waals surface area contributed by atoms with Crippen molar-refractivity contribution in [2.24, 2.45) is 5.73 Å². The van der Waals surface area contributed by atoms with Crippen LogP contribution >= 0.6 is 0 Å². The van der Waals surface area contributed by atoms with Crippen molar-refractivity contribution in [1.29, 1.82) is 0 Å². The van der Waals surface area contributed by atoms with Gasteiger partial charge in [0, 0.05) is 25.5 Å². The fraction of sp³-hybridized carbons (Fsp3) is 0.214. The molecule has 1 aromatic carbocycles. The summed E-state index contributed by atoms with van der Waals surface area (Å²) in [6.45, 7) is 1.01. The van der Waals surface area contributed by atoms with Gasteiger partial charge in [0.1, 0.15) is 10.7 Å². The zero-order valence-corrected chi connectivity index (χ0v) is 12.0. The summed E-state index contributed by atoms with van der Waals surface area (Å²) >= 11 is 0. The summed E-state index contributed by atoms with van der Waals surface area (Å²) in [5.74, 6) is 0.373. The molecule has 0 saturated carbocycles. The van der Waals surface area contributed by atoms with E-state index in [0.717, 1.165) is 11.1 Å². The number of nitrogens with zero attached hydrogens (tertiary/aromatic N) is 1. The lowest BCUT2D eigenvalue weighted by atomic mass is 10.1. The first-order chi connectivity index (χ1) is 9.50. The Morgan fingerprint density at radius 3 is 2.40 bits per heavy atom. The molecule has 5 nitrogen and oxygen atoms in total. The summed E-state index contributed by atoms with van der Waals surface area (Å²) in [6, 6.07) is 11.0. The standard InChI is InChI=1S/C14H17N3O2S/c1-20(18,19)13-3-2-8-16-14(13)17-10-12-6-4-11(9-15)5-7-12/h2-8H,9-10,15H2,1H3,(H,16,17). The predicted octanol–water partition coefficient (Wildman–Crippen LogP) is 1.56. The molecule has 1 heterocycles. The number of rotatable bonds is 5. The number of hydrogen-bond acceptors (Lipinski definition) is 5. The van der Waals surface area contributed by atoms with Gasteiger partial charge in [0.25, 0.3) is 0 Å². The van der Waals surface area contributed by atoms with E-state index in [-0.39, 0.29) is 4.90 Å². The van der Waals surface area contributed by atoms with Crippen LogP contribution < -0.4 is 11.1 Å². The number of aromatic nitrogens is 1. The van der Waals surface area contributed by atoms with Gasteiger partial charge in [0.15, 0.2) is 9.84 Å². The van der Waals surface area contributed by atoms with E-state index >= 15 is 0 Å². The molecule has 0 amide bonds. The van der Waals surface area contributed by atoms with Crippen molar-refractivity contribution in [3.8, 4) is 0 Å². The zero-order valence-electron chi connectivity index (χ0n) is 11.2. The maximum Gasteiger partial charge on any atom is 0.179 e. The summed E-state index contributed by atoms with van der Waals surface area (Å²) in [5.41, 5.74) is 7.63. The molecule has 0 aliphatic carbocycles. The fourth-order valence-electron chi connectivity index (χ4n) is 1.80. The molecule has 2 aromatic rings. The van der Waals surface area contributed by atoms with E-state index < -0.39 is 9.84 Å². The van der Waals surface area contributed by atoms with Crippen LogP contribution in [0.5, 0.6) is 0 Å². The first-order valence-electron chi connectivity index (χ1n) is 6.17. The first-order valence-corrected chi connectivity index (χ1v) is 8.06. The van der Waals surface area contributed by atoms with Crippen LogP contribution in [0.15, 0.2) is 47.5 Å². The molecule has 6 heteroatoms. The van der Waals surface area contributed by atoms with Crippen molar-refractivity contribution in [2.45, 2.75) is 18.0 Å². The third kappa shape index (κ3) is 3.55. The van der Waals surface area contributed by atoms with Gasteiger partial charge in [-0.05, 0) is 23.3 Å². The fourth-order valence-corrected chi connectivity index (χ4v) is 2.60. The minimum absolute atomic E-state index is 0.207. The first kappa shape index (κ1) is 14.5. The minimum atomic E-state index is -3.29. The lowest BCUT2D eigenvalue weighted by molar-refractivity contribution is 0.601. The Hall–Kier alpha value is -1.92. The number of anilines is 1. The molecular weight excluding hydrogens is 274 g/mol.